The predicted octanol–water partition coefficient (Wildman–Crippen LogP) is 0.786. The van der Waals surface area contributed by atoms with Crippen LogP contribution in [0.4, 0.5) is 0 Å². The first-order chi connectivity index (χ1) is 8.11. The van der Waals surface area contributed by atoms with Crippen molar-refractivity contribution in [3.05, 3.63) is 0 Å². The summed E-state index contributed by atoms with van der Waals surface area (Å²) < 4.78 is 0. The van der Waals surface area contributed by atoms with Gasteiger partial charge in [-0.25, -0.2) is 0 Å². The molecule has 0 aromatic carbocycles. The maximum absolute atomic E-state index is 11.7. The third-order valence-electron chi connectivity index (χ3n) is 3.32. The Morgan fingerprint density at radius 2 is 1.76 bits per heavy atom. The van der Waals surface area contributed by atoms with Crippen molar-refractivity contribution >= 4 is 5.91 Å². The number of amides is 1. The highest BCUT2D eigenvalue weighted by Gasteiger charge is 2.17. The number of rotatable bonds is 6. The normalized spacial score (nSPS) is 18.6. The molecule has 0 spiro atoms. The summed E-state index contributed by atoms with van der Waals surface area (Å²) in [6, 6.07) is 0. The van der Waals surface area contributed by atoms with Crippen molar-refractivity contribution < 1.29 is 4.79 Å². The molecule has 1 N–H and O–H groups in total. The third kappa shape index (κ3) is 6.03. The molecule has 1 aliphatic rings. The first-order valence-electron chi connectivity index (χ1n) is 6.83. The van der Waals surface area contributed by atoms with E-state index in [9.17, 15) is 4.79 Å². The van der Waals surface area contributed by atoms with Crippen molar-refractivity contribution in [3.63, 3.8) is 0 Å². The highest BCUT2D eigenvalue weighted by molar-refractivity contribution is 5.77. The van der Waals surface area contributed by atoms with E-state index in [1.807, 2.05) is 0 Å². The van der Waals surface area contributed by atoms with Crippen LogP contribution in [0.25, 0.3) is 0 Å². The summed E-state index contributed by atoms with van der Waals surface area (Å²) >= 11 is 0. The summed E-state index contributed by atoms with van der Waals surface area (Å²) in [6.45, 7) is 13.3. The Morgan fingerprint density at radius 1 is 1.18 bits per heavy atom. The molecule has 1 fully saturated rings. The van der Waals surface area contributed by atoms with E-state index < -0.39 is 0 Å². The first-order valence-corrected chi connectivity index (χ1v) is 6.83. The Bertz CT molecular complexity index is 223. The maximum Gasteiger partial charge on any atom is 0.234 e. The number of likely N-dealkylation sites (N-methyl/N-ethyl adjacent to an activating group) is 1. The lowest BCUT2D eigenvalue weighted by Crippen LogP contribution is -2.49. The van der Waals surface area contributed by atoms with Crippen LogP contribution in [-0.4, -0.2) is 61.5 Å². The van der Waals surface area contributed by atoms with Gasteiger partial charge in [-0.05, 0) is 18.9 Å². The molecular weight excluding hydrogens is 214 g/mol. The van der Waals surface area contributed by atoms with Gasteiger partial charge in [0.2, 0.25) is 5.91 Å². The SMILES string of the molecule is CCN1CCN(CC(=O)NCCC(C)C)CC1. The summed E-state index contributed by atoms with van der Waals surface area (Å²) in [5, 5.41) is 2.99. The van der Waals surface area contributed by atoms with Crippen LogP contribution in [0.1, 0.15) is 27.2 Å². The number of nitrogens with one attached hydrogen (secondary N) is 1. The zero-order valence-electron chi connectivity index (χ0n) is 11.5. The lowest BCUT2D eigenvalue weighted by molar-refractivity contribution is -0.122. The van der Waals surface area contributed by atoms with Crippen molar-refractivity contribution in [1.82, 2.24) is 15.1 Å². The van der Waals surface area contributed by atoms with Gasteiger partial charge >= 0.3 is 0 Å². The van der Waals surface area contributed by atoms with Crippen LogP contribution < -0.4 is 5.32 Å². The van der Waals surface area contributed by atoms with Gasteiger partial charge in [-0.15, -0.1) is 0 Å². The van der Waals surface area contributed by atoms with Crippen molar-refractivity contribution in [1.29, 1.82) is 0 Å². The molecule has 0 radical (unpaired) electrons. The second kappa shape index (κ2) is 7.67. The van der Waals surface area contributed by atoms with Gasteiger partial charge in [0, 0.05) is 32.7 Å². The number of nitrogens with zero attached hydrogens (tertiary/aromatic N) is 2. The van der Waals surface area contributed by atoms with Crippen LogP contribution in [0, 0.1) is 5.92 Å². The molecule has 1 heterocycles. The Morgan fingerprint density at radius 3 is 2.29 bits per heavy atom. The zero-order valence-corrected chi connectivity index (χ0v) is 11.5. The molecule has 0 aromatic heterocycles. The Kier molecular flexibility index (Phi) is 6.52. The van der Waals surface area contributed by atoms with Crippen molar-refractivity contribution in [2.24, 2.45) is 5.92 Å². The Hall–Kier alpha value is -0.610. The average Bonchev–Trinajstić information content (AvgIpc) is 2.29. The molecule has 0 saturated carbocycles. The molecule has 0 aromatic rings. The topological polar surface area (TPSA) is 35.6 Å². The molecule has 0 aliphatic carbocycles. The second-order valence-corrected chi connectivity index (χ2v) is 5.24. The molecule has 0 unspecified atom stereocenters. The summed E-state index contributed by atoms with van der Waals surface area (Å²) in [5.41, 5.74) is 0. The summed E-state index contributed by atoms with van der Waals surface area (Å²) in [4.78, 5) is 16.3. The van der Waals surface area contributed by atoms with E-state index in [0.29, 0.717) is 12.5 Å². The summed E-state index contributed by atoms with van der Waals surface area (Å²) in [6.07, 6.45) is 1.06. The minimum absolute atomic E-state index is 0.176. The minimum atomic E-state index is 0.176. The largest absolute Gasteiger partial charge is 0.355 e. The van der Waals surface area contributed by atoms with Crippen molar-refractivity contribution in [2.45, 2.75) is 27.2 Å². The van der Waals surface area contributed by atoms with Crippen LogP contribution in [0.3, 0.4) is 0 Å². The molecule has 1 amide bonds. The molecule has 1 saturated heterocycles. The number of carbonyl (C=O) groups excluding carboxylic acids is 1. The van der Waals surface area contributed by atoms with E-state index in [2.05, 4.69) is 35.9 Å². The van der Waals surface area contributed by atoms with E-state index in [0.717, 1.165) is 45.7 Å². The van der Waals surface area contributed by atoms with Crippen LogP contribution in [0.2, 0.25) is 0 Å². The number of hydrogen-bond acceptors (Lipinski definition) is 3. The molecular formula is C13H27N3O. The van der Waals surface area contributed by atoms with Gasteiger partial charge in [0.25, 0.3) is 0 Å². The van der Waals surface area contributed by atoms with Gasteiger partial charge in [0.05, 0.1) is 6.54 Å². The van der Waals surface area contributed by atoms with E-state index in [-0.39, 0.29) is 5.91 Å². The molecule has 1 rings (SSSR count). The minimum Gasteiger partial charge on any atom is -0.355 e. The lowest BCUT2D eigenvalue weighted by Gasteiger charge is -2.33. The fourth-order valence-electron chi connectivity index (χ4n) is 2.02. The standard InChI is InChI=1S/C13H27N3O/c1-4-15-7-9-16(10-8-15)11-13(17)14-6-5-12(2)3/h12H,4-11H2,1-3H3,(H,14,17). The van der Waals surface area contributed by atoms with Crippen LogP contribution in [0.15, 0.2) is 0 Å². The highest BCUT2D eigenvalue weighted by Crippen LogP contribution is 2.00. The van der Waals surface area contributed by atoms with Crippen LogP contribution >= 0.6 is 0 Å². The molecule has 4 heteroatoms. The smallest absolute Gasteiger partial charge is 0.234 e. The summed E-state index contributed by atoms with van der Waals surface area (Å²) in [7, 11) is 0. The van der Waals surface area contributed by atoms with Crippen LogP contribution in [0.5, 0.6) is 0 Å². The average molecular weight is 241 g/mol. The van der Waals surface area contributed by atoms with Gasteiger partial charge < -0.3 is 10.2 Å². The van der Waals surface area contributed by atoms with Gasteiger partial charge in [0.1, 0.15) is 0 Å². The van der Waals surface area contributed by atoms with Crippen molar-refractivity contribution in [3.8, 4) is 0 Å². The monoisotopic (exact) mass is 241 g/mol. The fraction of sp³-hybridized carbons (Fsp3) is 0.923. The second-order valence-electron chi connectivity index (χ2n) is 5.24. The van der Waals surface area contributed by atoms with E-state index in [1.165, 1.54) is 0 Å². The highest BCUT2D eigenvalue weighted by atomic mass is 16.2. The quantitative estimate of drug-likeness (QED) is 0.747. The third-order valence-corrected chi connectivity index (χ3v) is 3.32. The Balaban J connectivity index is 2.10. The first kappa shape index (κ1) is 14.5. The predicted molar refractivity (Wildman–Crippen MR) is 71.0 cm³/mol. The maximum atomic E-state index is 11.7. The molecule has 100 valence electrons. The van der Waals surface area contributed by atoms with Gasteiger partial charge in [-0.3, -0.25) is 9.69 Å². The molecule has 1 aliphatic heterocycles. The molecule has 17 heavy (non-hydrogen) atoms. The van der Waals surface area contributed by atoms with Crippen molar-refractivity contribution in [2.75, 3.05) is 45.8 Å². The van der Waals surface area contributed by atoms with E-state index in [1.54, 1.807) is 0 Å². The van der Waals surface area contributed by atoms with Crippen LogP contribution in [-0.2, 0) is 4.79 Å². The number of piperazine rings is 1. The van der Waals surface area contributed by atoms with E-state index >= 15 is 0 Å². The van der Waals surface area contributed by atoms with Gasteiger partial charge in [-0.1, -0.05) is 20.8 Å². The van der Waals surface area contributed by atoms with Gasteiger partial charge in [0.15, 0.2) is 0 Å². The van der Waals surface area contributed by atoms with Gasteiger partial charge in [-0.2, -0.15) is 0 Å². The number of carbonyl (C=O) groups is 1. The Labute approximate surface area is 105 Å². The number of hydrogen-bond donors (Lipinski definition) is 1. The zero-order chi connectivity index (χ0) is 12.7. The fourth-order valence-corrected chi connectivity index (χ4v) is 2.02. The molecule has 4 nitrogen and oxygen atoms in total. The lowest BCUT2D eigenvalue weighted by atomic mass is 10.1. The summed E-state index contributed by atoms with van der Waals surface area (Å²) in [5.74, 6) is 0.832. The molecule has 0 bridgehead atoms. The molecule has 0 atom stereocenters. The van der Waals surface area contributed by atoms with E-state index in [4.69, 9.17) is 0 Å².